The van der Waals surface area contributed by atoms with Gasteiger partial charge in [-0.3, -0.25) is 4.79 Å². The van der Waals surface area contributed by atoms with Gasteiger partial charge in [-0.15, -0.1) is 0 Å². The minimum absolute atomic E-state index is 0.0823. The average Bonchev–Trinajstić information content (AvgIpc) is 2.28. The molecule has 4 heteroatoms. The third-order valence-electron chi connectivity index (χ3n) is 2.82. The smallest absolute Gasteiger partial charge is 0.252 e. The molecule has 0 radical (unpaired) electrons. The average molecular weight is 361 g/mol. The summed E-state index contributed by atoms with van der Waals surface area (Å²) in [5.74, 6) is -0.0823. The highest BCUT2D eigenvalue weighted by Crippen LogP contribution is 2.21. The monoisotopic (exact) mass is 361 g/mol. The Hall–Kier alpha value is -0.620. The fourth-order valence-electron chi connectivity index (χ4n) is 1.50. The summed E-state index contributed by atoms with van der Waals surface area (Å²) in [6.45, 7) is 6.45. The molecule has 0 bridgehead atoms. The summed E-state index contributed by atoms with van der Waals surface area (Å²) in [6, 6.07) is 7.46. The van der Waals surface area contributed by atoms with E-state index in [2.05, 4.69) is 27.9 Å². The zero-order valence-corrected chi connectivity index (χ0v) is 13.2. The number of carbonyl (C=O) groups excluding carboxylic acids is 1. The number of hydrogen-bond acceptors (Lipinski definition) is 2. The van der Waals surface area contributed by atoms with E-state index >= 15 is 0 Å². The van der Waals surface area contributed by atoms with Crippen LogP contribution in [0, 0.1) is 8.99 Å². The molecule has 0 aliphatic rings. The Balaban J connectivity index is 2.46. The number of amides is 1. The van der Waals surface area contributed by atoms with Crippen molar-refractivity contribution < 1.29 is 9.90 Å². The van der Waals surface area contributed by atoms with Crippen LogP contribution in [0.2, 0.25) is 0 Å². The van der Waals surface area contributed by atoms with Crippen molar-refractivity contribution in [2.24, 2.45) is 5.41 Å². The molecule has 3 nitrogen and oxygen atoms in total. The maximum absolute atomic E-state index is 11.9. The van der Waals surface area contributed by atoms with Crippen LogP contribution in [0.15, 0.2) is 24.3 Å². The molecule has 0 aliphatic carbocycles. The third-order valence-corrected chi connectivity index (χ3v) is 3.76. The van der Waals surface area contributed by atoms with Crippen molar-refractivity contribution in [2.75, 3.05) is 6.54 Å². The van der Waals surface area contributed by atoms with Gasteiger partial charge in [0, 0.05) is 10.1 Å². The SMILES string of the molecule is CC(C)(C)C(O)CCNC(=O)c1ccccc1I. The Morgan fingerprint density at radius 3 is 2.56 bits per heavy atom. The summed E-state index contributed by atoms with van der Waals surface area (Å²) in [4.78, 5) is 11.9. The first-order chi connectivity index (χ1) is 8.32. The number of halogens is 1. The molecule has 0 saturated carbocycles. The highest BCUT2D eigenvalue weighted by Gasteiger charge is 2.21. The predicted molar refractivity (Wildman–Crippen MR) is 81.6 cm³/mol. The van der Waals surface area contributed by atoms with Gasteiger partial charge in [0.2, 0.25) is 0 Å². The van der Waals surface area contributed by atoms with Crippen LogP contribution < -0.4 is 5.32 Å². The molecular formula is C14H20INO2. The molecule has 100 valence electrons. The summed E-state index contributed by atoms with van der Waals surface area (Å²) in [5.41, 5.74) is 0.537. The zero-order chi connectivity index (χ0) is 13.8. The molecule has 18 heavy (non-hydrogen) atoms. The van der Waals surface area contributed by atoms with E-state index in [0.717, 1.165) is 3.57 Å². The largest absolute Gasteiger partial charge is 0.393 e. The molecule has 0 aromatic heterocycles. The summed E-state index contributed by atoms with van der Waals surface area (Å²) in [6.07, 6.45) is 0.159. The predicted octanol–water partition coefficient (Wildman–Crippen LogP) is 2.82. The minimum Gasteiger partial charge on any atom is -0.393 e. The van der Waals surface area contributed by atoms with Gasteiger partial charge in [-0.1, -0.05) is 32.9 Å². The second-order valence-corrected chi connectivity index (χ2v) is 6.57. The van der Waals surface area contributed by atoms with Gasteiger partial charge in [-0.25, -0.2) is 0 Å². The van der Waals surface area contributed by atoms with Crippen LogP contribution in [0.25, 0.3) is 0 Å². The van der Waals surface area contributed by atoms with Crippen molar-refractivity contribution in [2.45, 2.75) is 33.3 Å². The molecule has 1 unspecified atom stereocenters. The first kappa shape index (κ1) is 15.4. The number of nitrogens with one attached hydrogen (secondary N) is 1. The Kier molecular flexibility index (Phi) is 5.59. The maximum Gasteiger partial charge on any atom is 0.252 e. The molecule has 2 N–H and O–H groups in total. The van der Waals surface area contributed by atoms with Crippen LogP contribution in [-0.4, -0.2) is 23.7 Å². The molecule has 0 heterocycles. The lowest BCUT2D eigenvalue weighted by molar-refractivity contribution is 0.0551. The Morgan fingerprint density at radius 1 is 1.39 bits per heavy atom. The van der Waals surface area contributed by atoms with Crippen molar-refractivity contribution in [1.29, 1.82) is 0 Å². The number of aliphatic hydroxyl groups excluding tert-OH is 1. The van der Waals surface area contributed by atoms with Crippen LogP contribution in [0.3, 0.4) is 0 Å². The van der Waals surface area contributed by atoms with Gasteiger partial charge in [0.1, 0.15) is 0 Å². The van der Waals surface area contributed by atoms with E-state index in [4.69, 9.17) is 0 Å². The van der Waals surface area contributed by atoms with Gasteiger partial charge >= 0.3 is 0 Å². The van der Waals surface area contributed by atoms with E-state index in [-0.39, 0.29) is 11.3 Å². The summed E-state index contributed by atoms with van der Waals surface area (Å²) in [7, 11) is 0. The van der Waals surface area contributed by atoms with Crippen LogP contribution in [0.4, 0.5) is 0 Å². The normalized spacial score (nSPS) is 13.2. The first-order valence-corrected chi connectivity index (χ1v) is 7.11. The van der Waals surface area contributed by atoms with E-state index in [9.17, 15) is 9.90 Å². The lowest BCUT2D eigenvalue weighted by Gasteiger charge is -2.25. The molecule has 1 aromatic rings. The van der Waals surface area contributed by atoms with Crippen molar-refractivity contribution in [3.05, 3.63) is 33.4 Å². The van der Waals surface area contributed by atoms with E-state index in [1.165, 1.54) is 0 Å². The van der Waals surface area contributed by atoms with Crippen molar-refractivity contribution in [3.63, 3.8) is 0 Å². The number of aliphatic hydroxyl groups is 1. The molecule has 1 rings (SSSR count). The van der Waals surface area contributed by atoms with Crippen molar-refractivity contribution in [1.82, 2.24) is 5.32 Å². The van der Waals surface area contributed by atoms with E-state index in [1.54, 1.807) is 6.07 Å². The molecule has 1 aromatic carbocycles. The molecule has 1 atom stereocenters. The van der Waals surface area contributed by atoms with Gasteiger partial charge in [0.15, 0.2) is 0 Å². The molecule has 0 fully saturated rings. The lowest BCUT2D eigenvalue weighted by atomic mass is 9.87. The number of carbonyl (C=O) groups is 1. The zero-order valence-electron chi connectivity index (χ0n) is 11.0. The number of hydrogen-bond donors (Lipinski definition) is 2. The van der Waals surface area contributed by atoms with E-state index < -0.39 is 6.10 Å². The number of benzene rings is 1. The van der Waals surface area contributed by atoms with Gasteiger partial charge in [-0.05, 0) is 46.6 Å². The van der Waals surface area contributed by atoms with Crippen molar-refractivity contribution >= 4 is 28.5 Å². The van der Waals surface area contributed by atoms with Crippen LogP contribution in [0.1, 0.15) is 37.6 Å². The Morgan fingerprint density at radius 2 is 2.00 bits per heavy atom. The third kappa shape index (κ3) is 4.57. The lowest BCUT2D eigenvalue weighted by Crippen LogP contribution is -2.32. The first-order valence-electron chi connectivity index (χ1n) is 6.03. The molecule has 0 aliphatic heterocycles. The fourth-order valence-corrected chi connectivity index (χ4v) is 2.13. The topological polar surface area (TPSA) is 49.3 Å². The molecule has 0 spiro atoms. The molecular weight excluding hydrogens is 341 g/mol. The van der Waals surface area contributed by atoms with Gasteiger partial charge in [0.25, 0.3) is 5.91 Å². The Labute approximate surface area is 122 Å². The standard InChI is InChI=1S/C14H20INO2/c1-14(2,3)12(17)8-9-16-13(18)10-6-4-5-7-11(10)15/h4-7,12,17H,8-9H2,1-3H3,(H,16,18). The Bertz CT molecular complexity index is 413. The summed E-state index contributed by atoms with van der Waals surface area (Å²) < 4.78 is 0.934. The minimum atomic E-state index is -0.410. The van der Waals surface area contributed by atoms with Crippen LogP contribution in [-0.2, 0) is 0 Å². The highest BCUT2D eigenvalue weighted by molar-refractivity contribution is 14.1. The fraction of sp³-hybridized carbons (Fsp3) is 0.500. The van der Waals surface area contributed by atoms with Crippen LogP contribution in [0.5, 0.6) is 0 Å². The van der Waals surface area contributed by atoms with Gasteiger partial charge in [0.05, 0.1) is 11.7 Å². The number of rotatable bonds is 4. The van der Waals surface area contributed by atoms with E-state index in [1.807, 2.05) is 39.0 Å². The summed E-state index contributed by atoms with van der Waals surface area (Å²) >= 11 is 2.14. The van der Waals surface area contributed by atoms with Crippen molar-refractivity contribution in [3.8, 4) is 0 Å². The molecule has 0 saturated heterocycles. The van der Waals surface area contributed by atoms with Crippen LogP contribution >= 0.6 is 22.6 Å². The second-order valence-electron chi connectivity index (χ2n) is 5.41. The van der Waals surface area contributed by atoms with E-state index in [0.29, 0.717) is 18.5 Å². The second kappa shape index (κ2) is 6.52. The summed E-state index contributed by atoms with van der Waals surface area (Å²) in [5, 5.41) is 12.7. The van der Waals surface area contributed by atoms with Gasteiger partial charge in [-0.2, -0.15) is 0 Å². The highest BCUT2D eigenvalue weighted by atomic mass is 127. The van der Waals surface area contributed by atoms with Gasteiger partial charge < -0.3 is 10.4 Å². The molecule has 1 amide bonds. The quantitative estimate of drug-likeness (QED) is 0.811. The maximum atomic E-state index is 11.9.